The lowest BCUT2D eigenvalue weighted by molar-refractivity contribution is -0.148. The highest BCUT2D eigenvalue weighted by Gasteiger charge is 2.39. The van der Waals surface area contributed by atoms with E-state index in [0.29, 0.717) is 10.2 Å². The number of methoxy groups -OCH3 is 1. The summed E-state index contributed by atoms with van der Waals surface area (Å²) in [5.74, 6) is -3.49. The summed E-state index contributed by atoms with van der Waals surface area (Å²) < 4.78 is 46.4. The third-order valence-corrected chi connectivity index (χ3v) is 5.19. The van der Waals surface area contributed by atoms with Gasteiger partial charge in [0.2, 0.25) is 5.91 Å². The molecule has 152 valence electrons. The van der Waals surface area contributed by atoms with Gasteiger partial charge >= 0.3 is 5.97 Å². The van der Waals surface area contributed by atoms with Crippen LogP contribution in [0.2, 0.25) is 0 Å². The van der Waals surface area contributed by atoms with E-state index in [1.165, 1.54) is 25.1 Å². The molecule has 29 heavy (non-hydrogen) atoms. The number of hydrogen-bond acceptors (Lipinski definition) is 6. The summed E-state index contributed by atoms with van der Waals surface area (Å²) >= 11 is 1.07. The van der Waals surface area contributed by atoms with Gasteiger partial charge < -0.3 is 10.1 Å². The smallest absolute Gasteiger partial charge is 0.330 e. The molecule has 3 aromatic rings. The minimum Gasteiger partial charge on any atom is -0.467 e. The molecular weight excluding hydrogens is 407 g/mol. The number of nitrogens with zero attached hydrogens (tertiary/aromatic N) is 1. The van der Waals surface area contributed by atoms with Crippen LogP contribution in [0.25, 0.3) is 10.2 Å². The number of nitrogens with one attached hydrogen (secondary N) is 2. The zero-order valence-corrected chi connectivity index (χ0v) is 16.2. The van der Waals surface area contributed by atoms with E-state index < -0.39 is 41.4 Å². The number of halogens is 3. The third-order valence-electron chi connectivity index (χ3n) is 4.26. The zero-order chi connectivity index (χ0) is 21.2. The minimum absolute atomic E-state index is 0.231. The Bertz CT molecular complexity index is 1090. The second kappa shape index (κ2) is 8.18. The molecule has 2 aromatic carbocycles. The summed E-state index contributed by atoms with van der Waals surface area (Å²) in [5.41, 5.74) is -1.59. The molecule has 0 aliphatic rings. The van der Waals surface area contributed by atoms with Gasteiger partial charge in [0.15, 0.2) is 5.13 Å². The van der Waals surface area contributed by atoms with Crippen LogP contribution in [0.15, 0.2) is 36.4 Å². The lowest BCUT2D eigenvalue weighted by atomic mass is 9.91. The molecule has 6 nitrogen and oxygen atoms in total. The number of benzene rings is 2. The Morgan fingerprint density at radius 3 is 2.55 bits per heavy atom. The Kier molecular flexibility index (Phi) is 5.85. The highest BCUT2D eigenvalue weighted by Crippen LogP contribution is 2.28. The van der Waals surface area contributed by atoms with Crippen molar-refractivity contribution in [2.45, 2.75) is 12.5 Å². The van der Waals surface area contributed by atoms with Crippen molar-refractivity contribution in [3.05, 3.63) is 59.4 Å². The van der Waals surface area contributed by atoms with Crippen molar-refractivity contribution in [2.75, 3.05) is 19.0 Å². The number of carbonyl (C=O) groups is 2. The number of anilines is 1. The summed E-state index contributed by atoms with van der Waals surface area (Å²) in [7, 11) is 1.10. The molecule has 1 atom stereocenters. The summed E-state index contributed by atoms with van der Waals surface area (Å²) in [5, 5.41) is 5.37. The highest BCUT2D eigenvalue weighted by atomic mass is 32.1. The van der Waals surface area contributed by atoms with Crippen LogP contribution in [0.4, 0.5) is 18.3 Å². The topological polar surface area (TPSA) is 80.3 Å². The predicted molar refractivity (Wildman–Crippen MR) is 102 cm³/mol. The lowest BCUT2D eigenvalue weighted by Gasteiger charge is -2.28. The Morgan fingerprint density at radius 1 is 1.14 bits per heavy atom. The quantitative estimate of drug-likeness (QED) is 0.595. The zero-order valence-electron chi connectivity index (χ0n) is 15.4. The standard InChI is InChI=1S/C19H16F3N3O3S/c1-19(17(27)28-2,12-7-10(20)3-5-13(12)22)23-9-16(26)25-18-24-14-6-4-11(21)8-15(14)29-18/h3-8,23H,9H2,1-2H3,(H,24,25,26). The molecule has 0 radical (unpaired) electrons. The Hall–Kier alpha value is -2.98. The summed E-state index contributed by atoms with van der Waals surface area (Å²) in [6.45, 7) is 0.857. The number of carbonyl (C=O) groups excluding carboxylic acids is 2. The molecule has 0 spiro atoms. The molecule has 0 saturated heterocycles. The van der Waals surface area contributed by atoms with Crippen molar-refractivity contribution >= 4 is 38.6 Å². The number of fused-ring (bicyclic) bond motifs is 1. The van der Waals surface area contributed by atoms with E-state index in [-0.39, 0.29) is 10.7 Å². The first-order chi connectivity index (χ1) is 13.7. The molecule has 0 aliphatic heterocycles. The predicted octanol–water partition coefficient (Wildman–Crippen LogP) is 3.33. The fourth-order valence-electron chi connectivity index (χ4n) is 2.73. The first-order valence-electron chi connectivity index (χ1n) is 8.38. The van der Waals surface area contributed by atoms with E-state index in [1.807, 2.05) is 0 Å². The van der Waals surface area contributed by atoms with Gasteiger partial charge in [-0.3, -0.25) is 10.1 Å². The van der Waals surface area contributed by atoms with Crippen LogP contribution in [-0.4, -0.2) is 30.5 Å². The normalized spacial score (nSPS) is 13.1. The van der Waals surface area contributed by atoms with E-state index in [9.17, 15) is 22.8 Å². The fraction of sp³-hybridized carbons (Fsp3) is 0.211. The van der Waals surface area contributed by atoms with Crippen molar-refractivity contribution in [3.8, 4) is 0 Å². The van der Waals surface area contributed by atoms with Crippen LogP contribution in [-0.2, 0) is 19.9 Å². The van der Waals surface area contributed by atoms with E-state index in [0.717, 1.165) is 36.6 Å². The Balaban J connectivity index is 1.77. The molecule has 0 aliphatic carbocycles. The maximum atomic E-state index is 14.2. The van der Waals surface area contributed by atoms with Gasteiger partial charge in [0.25, 0.3) is 0 Å². The Labute approximate surface area is 167 Å². The SMILES string of the molecule is COC(=O)C(C)(NCC(=O)Nc1nc2ccc(F)cc2s1)c1cc(F)ccc1F. The van der Waals surface area contributed by atoms with Gasteiger partial charge in [0.1, 0.15) is 23.0 Å². The first-order valence-corrected chi connectivity index (χ1v) is 9.19. The van der Waals surface area contributed by atoms with Crippen molar-refractivity contribution in [2.24, 2.45) is 0 Å². The number of hydrogen-bond donors (Lipinski definition) is 2. The fourth-order valence-corrected chi connectivity index (χ4v) is 3.64. The van der Waals surface area contributed by atoms with E-state index in [2.05, 4.69) is 15.6 Å². The molecule has 1 unspecified atom stereocenters. The number of aromatic nitrogens is 1. The largest absolute Gasteiger partial charge is 0.467 e. The number of ether oxygens (including phenoxy) is 1. The van der Waals surface area contributed by atoms with E-state index in [1.54, 1.807) is 0 Å². The van der Waals surface area contributed by atoms with Gasteiger partial charge in [-0.2, -0.15) is 0 Å². The average Bonchev–Trinajstić information content (AvgIpc) is 3.08. The Morgan fingerprint density at radius 2 is 1.83 bits per heavy atom. The van der Waals surface area contributed by atoms with Crippen LogP contribution in [0.3, 0.4) is 0 Å². The maximum absolute atomic E-state index is 14.2. The van der Waals surface area contributed by atoms with Gasteiger partial charge in [-0.25, -0.2) is 22.9 Å². The highest BCUT2D eigenvalue weighted by molar-refractivity contribution is 7.22. The molecule has 1 amide bonds. The summed E-state index contributed by atoms with van der Waals surface area (Å²) in [6, 6.07) is 6.69. The van der Waals surface area contributed by atoms with Crippen LogP contribution in [0, 0.1) is 17.5 Å². The third kappa shape index (κ3) is 4.38. The molecule has 10 heteroatoms. The molecule has 1 heterocycles. The van der Waals surface area contributed by atoms with Gasteiger partial charge in [-0.15, -0.1) is 0 Å². The van der Waals surface area contributed by atoms with E-state index >= 15 is 0 Å². The van der Waals surface area contributed by atoms with Gasteiger partial charge in [-0.05, 0) is 43.3 Å². The maximum Gasteiger partial charge on any atom is 0.330 e. The second-order valence-corrected chi connectivity index (χ2v) is 7.30. The van der Waals surface area contributed by atoms with Gasteiger partial charge in [0.05, 0.1) is 23.9 Å². The number of rotatable bonds is 6. The molecule has 0 saturated carbocycles. The molecule has 1 aromatic heterocycles. The molecule has 2 N–H and O–H groups in total. The van der Waals surface area contributed by atoms with Crippen molar-refractivity contribution in [1.29, 1.82) is 0 Å². The molecular formula is C19H16F3N3O3S. The van der Waals surface area contributed by atoms with Crippen LogP contribution in [0.5, 0.6) is 0 Å². The second-order valence-electron chi connectivity index (χ2n) is 6.27. The molecule has 3 rings (SSSR count). The number of amides is 1. The van der Waals surface area contributed by atoms with E-state index in [4.69, 9.17) is 4.74 Å². The lowest BCUT2D eigenvalue weighted by Crippen LogP contribution is -2.50. The molecule has 0 bridgehead atoms. The van der Waals surface area contributed by atoms with Crippen LogP contribution >= 0.6 is 11.3 Å². The van der Waals surface area contributed by atoms with Crippen molar-refractivity contribution in [1.82, 2.24) is 10.3 Å². The summed E-state index contributed by atoms with van der Waals surface area (Å²) in [4.78, 5) is 28.7. The van der Waals surface area contributed by atoms with Crippen LogP contribution < -0.4 is 10.6 Å². The van der Waals surface area contributed by atoms with Crippen LogP contribution in [0.1, 0.15) is 12.5 Å². The van der Waals surface area contributed by atoms with Crippen molar-refractivity contribution in [3.63, 3.8) is 0 Å². The minimum atomic E-state index is -1.81. The average molecular weight is 423 g/mol. The number of esters is 1. The first kappa shape index (κ1) is 20.7. The van der Waals surface area contributed by atoms with Gasteiger partial charge in [-0.1, -0.05) is 11.3 Å². The van der Waals surface area contributed by atoms with Crippen molar-refractivity contribution < 1.29 is 27.5 Å². The monoisotopic (exact) mass is 423 g/mol. The summed E-state index contributed by atoms with van der Waals surface area (Å²) in [6.07, 6.45) is 0. The number of thiazole rings is 1. The molecule has 0 fully saturated rings. The van der Waals surface area contributed by atoms with Gasteiger partial charge in [0, 0.05) is 5.56 Å².